The fourth-order valence-electron chi connectivity index (χ4n) is 2.07. The van der Waals surface area contributed by atoms with E-state index in [-0.39, 0.29) is 0 Å². The summed E-state index contributed by atoms with van der Waals surface area (Å²) in [4.78, 5) is 0. The fraction of sp³-hybridized carbons (Fsp3) is 0.778. The largest absolute Gasteiger partial charge is 0.379 e. The van der Waals surface area contributed by atoms with Gasteiger partial charge in [0.15, 0.2) is 0 Å². The third kappa shape index (κ3) is 13.8. The molecule has 0 aliphatic rings. The van der Waals surface area contributed by atoms with E-state index in [1.807, 2.05) is 13.0 Å². The van der Waals surface area contributed by atoms with E-state index in [0.717, 1.165) is 51.6 Å². The van der Waals surface area contributed by atoms with Crippen LogP contribution in [0.4, 0.5) is 0 Å². The molecule has 0 aliphatic heterocycles. The second-order valence-electron chi connectivity index (χ2n) is 5.51. The summed E-state index contributed by atoms with van der Waals surface area (Å²) in [5, 5.41) is 0. The van der Waals surface area contributed by atoms with Crippen molar-refractivity contribution >= 4 is 0 Å². The third-order valence-corrected chi connectivity index (χ3v) is 3.46. The quantitative estimate of drug-likeness (QED) is 0.324. The Labute approximate surface area is 126 Å². The number of hydrogen-bond donors (Lipinski definition) is 0. The molecule has 0 saturated carbocycles. The first-order chi connectivity index (χ1) is 9.70. The highest BCUT2D eigenvalue weighted by atomic mass is 16.5. The van der Waals surface area contributed by atoms with E-state index in [9.17, 15) is 0 Å². The van der Waals surface area contributed by atoms with Crippen molar-refractivity contribution in [1.82, 2.24) is 0 Å². The SMILES string of the molecule is C=CCC/C=C(/C)CCCC(C)CCOCCOCC. The predicted octanol–water partition coefficient (Wildman–Crippen LogP) is 5.15. The van der Waals surface area contributed by atoms with Crippen LogP contribution in [0.25, 0.3) is 0 Å². The number of rotatable bonds is 14. The van der Waals surface area contributed by atoms with Crippen LogP contribution >= 0.6 is 0 Å². The summed E-state index contributed by atoms with van der Waals surface area (Å²) in [5.74, 6) is 0.753. The van der Waals surface area contributed by atoms with Crippen LogP contribution in [-0.4, -0.2) is 26.4 Å². The monoisotopic (exact) mass is 282 g/mol. The highest BCUT2D eigenvalue weighted by Crippen LogP contribution is 2.15. The zero-order valence-corrected chi connectivity index (χ0v) is 13.8. The number of unbranched alkanes of at least 4 members (excludes halogenated alkanes) is 1. The van der Waals surface area contributed by atoms with Gasteiger partial charge in [-0.2, -0.15) is 0 Å². The van der Waals surface area contributed by atoms with Gasteiger partial charge in [-0.1, -0.05) is 31.1 Å². The van der Waals surface area contributed by atoms with Crippen molar-refractivity contribution in [2.24, 2.45) is 5.92 Å². The molecule has 2 heteroatoms. The molecule has 0 aromatic carbocycles. The molecule has 0 fully saturated rings. The van der Waals surface area contributed by atoms with E-state index in [1.165, 1.54) is 24.8 Å². The minimum Gasteiger partial charge on any atom is -0.379 e. The highest BCUT2D eigenvalue weighted by Gasteiger charge is 2.02. The van der Waals surface area contributed by atoms with Crippen molar-refractivity contribution in [2.45, 2.75) is 59.3 Å². The van der Waals surface area contributed by atoms with Crippen LogP contribution in [0.3, 0.4) is 0 Å². The Morgan fingerprint density at radius 1 is 1.10 bits per heavy atom. The lowest BCUT2D eigenvalue weighted by Gasteiger charge is -2.11. The molecule has 0 aromatic heterocycles. The van der Waals surface area contributed by atoms with E-state index in [1.54, 1.807) is 0 Å². The van der Waals surface area contributed by atoms with Gasteiger partial charge < -0.3 is 9.47 Å². The maximum absolute atomic E-state index is 5.55. The Morgan fingerprint density at radius 3 is 2.55 bits per heavy atom. The molecule has 20 heavy (non-hydrogen) atoms. The first-order valence-electron chi connectivity index (χ1n) is 8.12. The lowest BCUT2D eigenvalue weighted by Crippen LogP contribution is -2.07. The van der Waals surface area contributed by atoms with Gasteiger partial charge in [0, 0.05) is 13.2 Å². The molecule has 0 N–H and O–H groups in total. The van der Waals surface area contributed by atoms with Gasteiger partial charge in [0.2, 0.25) is 0 Å². The summed E-state index contributed by atoms with van der Waals surface area (Å²) < 4.78 is 10.8. The molecule has 0 bridgehead atoms. The maximum atomic E-state index is 5.55. The van der Waals surface area contributed by atoms with Gasteiger partial charge in [-0.15, -0.1) is 6.58 Å². The summed E-state index contributed by atoms with van der Waals surface area (Å²) in [5.41, 5.74) is 1.52. The second kappa shape index (κ2) is 14.8. The van der Waals surface area contributed by atoms with Crippen molar-refractivity contribution in [1.29, 1.82) is 0 Å². The van der Waals surface area contributed by atoms with Gasteiger partial charge in [0.25, 0.3) is 0 Å². The van der Waals surface area contributed by atoms with Crippen LogP contribution in [0.2, 0.25) is 0 Å². The van der Waals surface area contributed by atoms with Crippen molar-refractivity contribution in [2.75, 3.05) is 26.4 Å². The topological polar surface area (TPSA) is 18.5 Å². The molecule has 0 rings (SSSR count). The fourth-order valence-corrected chi connectivity index (χ4v) is 2.07. The molecule has 0 saturated heterocycles. The van der Waals surface area contributed by atoms with Crippen LogP contribution in [0.15, 0.2) is 24.3 Å². The first-order valence-corrected chi connectivity index (χ1v) is 8.12. The molecule has 1 unspecified atom stereocenters. The number of ether oxygens (including phenoxy) is 2. The summed E-state index contributed by atoms with van der Waals surface area (Å²) in [7, 11) is 0. The molecule has 0 spiro atoms. The van der Waals surface area contributed by atoms with Gasteiger partial charge in [0.05, 0.1) is 13.2 Å². The molecule has 2 nitrogen and oxygen atoms in total. The molecular weight excluding hydrogens is 248 g/mol. The molecule has 1 atom stereocenters. The van der Waals surface area contributed by atoms with E-state index in [4.69, 9.17) is 9.47 Å². The second-order valence-corrected chi connectivity index (χ2v) is 5.51. The van der Waals surface area contributed by atoms with Crippen LogP contribution in [0.5, 0.6) is 0 Å². The number of allylic oxidation sites excluding steroid dienone is 3. The van der Waals surface area contributed by atoms with Crippen molar-refractivity contribution in [3.8, 4) is 0 Å². The van der Waals surface area contributed by atoms with Crippen molar-refractivity contribution in [3.05, 3.63) is 24.3 Å². The zero-order chi connectivity index (χ0) is 15.1. The minimum atomic E-state index is 0.722. The smallest absolute Gasteiger partial charge is 0.0700 e. The molecular formula is C18H34O2. The molecule has 0 heterocycles. The summed E-state index contributed by atoms with van der Waals surface area (Å²) in [6.07, 6.45) is 11.5. The van der Waals surface area contributed by atoms with Crippen LogP contribution in [0.1, 0.15) is 59.3 Å². The lowest BCUT2D eigenvalue weighted by atomic mass is 9.99. The van der Waals surface area contributed by atoms with E-state index >= 15 is 0 Å². The van der Waals surface area contributed by atoms with Crippen molar-refractivity contribution in [3.63, 3.8) is 0 Å². The van der Waals surface area contributed by atoms with Gasteiger partial charge >= 0.3 is 0 Å². The Morgan fingerprint density at radius 2 is 1.85 bits per heavy atom. The van der Waals surface area contributed by atoms with Gasteiger partial charge in [-0.3, -0.25) is 0 Å². The minimum absolute atomic E-state index is 0.722. The Balaban J connectivity index is 3.41. The molecule has 0 amide bonds. The van der Waals surface area contributed by atoms with Crippen molar-refractivity contribution < 1.29 is 9.47 Å². The normalized spacial score (nSPS) is 13.4. The van der Waals surface area contributed by atoms with Crippen LogP contribution < -0.4 is 0 Å². The average molecular weight is 282 g/mol. The van der Waals surface area contributed by atoms with Gasteiger partial charge in [-0.25, -0.2) is 0 Å². The molecule has 0 aliphatic carbocycles. The van der Waals surface area contributed by atoms with E-state index < -0.39 is 0 Å². The highest BCUT2D eigenvalue weighted by molar-refractivity contribution is 4.98. The van der Waals surface area contributed by atoms with E-state index in [0.29, 0.717) is 0 Å². The standard InChI is InChI=1S/C18H34O2/c1-5-7-8-10-17(3)11-9-12-18(4)13-14-20-16-15-19-6-2/h5,10,18H,1,6-9,11-16H2,2-4H3/b17-10-. The molecule has 0 aromatic rings. The third-order valence-electron chi connectivity index (χ3n) is 3.46. The molecule has 118 valence electrons. The Hall–Kier alpha value is -0.600. The van der Waals surface area contributed by atoms with Gasteiger partial charge in [0.1, 0.15) is 0 Å². The Kier molecular flexibility index (Phi) is 14.4. The average Bonchev–Trinajstić information content (AvgIpc) is 2.43. The predicted molar refractivity (Wildman–Crippen MR) is 88.1 cm³/mol. The summed E-state index contributed by atoms with van der Waals surface area (Å²) in [6, 6.07) is 0. The first kappa shape index (κ1) is 19.4. The zero-order valence-electron chi connectivity index (χ0n) is 13.8. The number of hydrogen-bond acceptors (Lipinski definition) is 2. The maximum Gasteiger partial charge on any atom is 0.0700 e. The summed E-state index contributed by atoms with van der Waals surface area (Å²) in [6.45, 7) is 13.4. The molecule has 0 radical (unpaired) electrons. The van der Waals surface area contributed by atoms with Crippen LogP contribution in [-0.2, 0) is 9.47 Å². The Bertz CT molecular complexity index is 246. The van der Waals surface area contributed by atoms with E-state index in [2.05, 4.69) is 26.5 Å². The van der Waals surface area contributed by atoms with Gasteiger partial charge in [-0.05, 0) is 51.9 Å². The van der Waals surface area contributed by atoms with Crippen LogP contribution in [0, 0.1) is 5.92 Å². The lowest BCUT2D eigenvalue weighted by molar-refractivity contribution is 0.0478. The summed E-state index contributed by atoms with van der Waals surface area (Å²) >= 11 is 0.